The van der Waals surface area contributed by atoms with E-state index < -0.39 is 12.0 Å². The van der Waals surface area contributed by atoms with Crippen LogP contribution in [0.2, 0.25) is 0 Å². The van der Waals surface area contributed by atoms with Gasteiger partial charge >= 0.3 is 5.97 Å². The molecular weight excluding hydrogens is 236 g/mol. The number of nitrogens with zero attached hydrogens (tertiary/aromatic N) is 4. The maximum atomic E-state index is 10.8. The second-order valence-electron chi connectivity index (χ2n) is 3.84. The van der Waals surface area contributed by atoms with Crippen molar-refractivity contribution in [1.82, 2.24) is 19.5 Å². The van der Waals surface area contributed by atoms with Crippen LogP contribution in [0.1, 0.15) is 13.8 Å². The van der Waals surface area contributed by atoms with Gasteiger partial charge in [0.05, 0.1) is 6.33 Å². The first-order valence-electron chi connectivity index (χ1n) is 5.50. The SMILES string of the molecule is CCn1cnc2c(NC(C)C(=O)O)nc(N)nc21. The normalized spacial score (nSPS) is 12.6. The summed E-state index contributed by atoms with van der Waals surface area (Å²) in [5.41, 5.74) is 6.71. The minimum Gasteiger partial charge on any atom is -0.480 e. The van der Waals surface area contributed by atoms with E-state index in [1.165, 1.54) is 6.92 Å². The lowest BCUT2D eigenvalue weighted by atomic mass is 10.3. The molecule has 0 amide bonds. The minimum absolute atomic E-state index is 0.0813. The van der Waals surface area contributed by atoms with Crippen LogP contribution >= 0.6 is 0 Å². The fraction of sp³-hybridized carbons (Fsp3) is 0.400. The predicted octanol–water partition coefficient (Wildman–Crippen LogP) is 0.313. The molecule has 0 bridgehead atoms. The van der Waals surface area contributed by atoms with Gasteiger partial charge in [0.2, 0.25) is 5.95 Å². The van der Waals surface area contributed by atoms with Crippen LogP contribution in [0.25, 0.3) is 11.2 Å². The van der Waals surface area contributed by atoms with Crippen LogP contribution in [0.5, 0.6) is 0 Å². The van der Waals surface area contributed by atoms with Gasteiger partial charge in [-0.3, -0.25) is 4.79 Å². The molecule has 0 aromatic carbocycles. The Hall–Kier alpha value is -2.38. The van der Waals surface area contributed by atoms with E-state index in [2.05, 4.69) is 20.3 Å². The Bertz CT molecular complexity index is 593. The van der Waals surface area contributed by atoms with Crippen LogP contribution in [0, 0.1) is 0 Å². The summed E-state index contributed by atoms with van der Waals surface area (Å²) in [5.74, 6) is -0.562. The van der Waals surface area contributed by atoms with Crippen molar-refractivity contribution in [1.29, 1.82) is 0 Å². The summed E-state index contributed by atoms with van der Waals surface area (Å²) in [4.78, 5) is 23.1. The molecule has 0 aliphatic rings. The summed E-state index contributed by atoms with van der Waals surface area (Å²) in [6.45, 7) is 4.16. The summed E-state index contributed by atoms with van der Waals surface area (Å²) < 4.78 is 1.81. The first-order chi connectivity index (χ1) is 8.52. The third-order valence-electron chi connectivity index (χ3n) is 2.55. The van der Waals surface area contributed by atoms with Gasteiger partial charge in [0, 0.05) is 6.54 Å². The second kappa shape index (κ2) is 4.47. The standard InChI is InChI=1S/C10H14N6O2/c1-3-16-4-12-6-7(13-5(2)9(17)18)14-10(11)15-8(6)16/h4-5H,3H2,1-2H3,(H,17,18)(H3,11,13,14,15). The third kappa shape index (κ3) is 2.04. The van der Waals surface area contributed by atoms with E-state index in [4.69, 9.17) is 10.8 Å². The summed E-state index contributed by atoms with van der Waals surface area (Å²) in [5, 5.41) is 11.6. The topological polar surface area (TPSA) is 119 Å². The number of fused-ring (bicyclic) bond motifs is 1. The van der Waals surface area contributed by atoms with Crippen LogP contribution < -0.4 is 11.1 Å². The Labute approximate surface area is 103 Å². The molecule has 8 heteroatoms. The van der Waals surface area contributed by atoms with E-state index in [1.54, 1.807) is 6.33 Å². The van der Waals surface area contributed by atoms with Gasteiger partial charge in [0.15, 0.2) is 17.0 Å². The summed E-state index contributed by atoms with van der Waals surface area (Å²) >= 11 is 0. The van der Waals surface area contributed by atoms with Crippen LogP contribution in [0.15, 0.2) is 6.33 Å². The highest BCUT2D eigenvalue weighted by Crippen LogP contribution is 2.20. The van der Waals surface area contributed by atoms with Gasteiger partial charge in [-0.25, -0.2) is 4.98 Å². The number of rotatable bonds is 4. The van der Waals surface area contributed by atoms with Crippen molar-refractivity contribution in [2.45, 2.75) is 26.4 Å². The quantitative estimate of drug-likeness (QED) is 0.714. The van der Waals surface area contributed by atoms with E-state index in [-0.39, 0.29) is 5.95 Å². The number of nitrogens with two attached hydrogens (primary N) is 1. The van der Waals surface area contributed by atoms with E-state index in [9.17, 15) is 4.79 Å². The van der Waals surface area contributed by atoms with E-state index >= 15 is 0 Å². The van der Waals surface area contributed by atoms with Crippen molar-refractivity contribution in [2.75, 3.05) is 11.1 Å². The maximum Gasteiger partial charge on any atom is 0.325 e. The Morgan fingerprint density at radius 1 is 1.61 bits per heavy atom. The number of imidazole rings is 1. The zero-order chi connectivity index (χ0) is 13.3. The minimum atomic E-state index is -0.977. The Balaban J connectivity index is 2.50. The number of carboxylic acids is 1. The first kappa shape index (κ1) is 12.1. The number of carboxylic acid groups (broad SMARTS) is 1. The Morgan fingerprint density at radius 2 is 2.33 bits per heavy atom. The molecule has 1 atom stereocenters. The molecule has 0 saturated heterocycles. The van der Waals surface area contributed by atoms with E-state index in [0.717, 1.165) is 0 Å². The molecule has 0 radical (unpaired) electrons. The van der Waals surface area contributed by atoms with Gasteiger partial charge in [-0.2, -0.15) is 9.97 Å². The monoisotopic (exact) mass is 250 g/mol. The molecule has 0 saturated carbocycles. The fourth-order valence-corrected chi connectivity index (χ4v) is 1.56. The maximum absolute atomic E-state index is 10.8. The Kier molecular flexibility index (Phi) is 3.00. The number of nitrogens with one attached hydrogen (secondary N) is 1. The number of nitrogen functional groups attached to an aromatic ring is 1. The molecule has 8 nitrogen and oxygen atoms in total. The highest BCUT2D eigenvalue weighted by Gasteiger charge is 2.16. The van der Waals surface area contributed by atoms with Gasteiger partial charge in [0.25, 0.3) is 0 Å². The lowest BCUT2D eigenvalue weighted by Gasteiger charge is -2.10. The molecule has 2 aromatic heterocycles. The Morgan fingerprint density at radius 3 is 2.94 bits per heavy atom. The number of aromatic nitrogens is 4. The number of aliphatic carboxylic acids is 1. The van der Waals surface area contributed by atoms with Gasteiger partial charge in [0.1, 0.15) is 6.04 Å². The third-order valence-corrected chi connectivity index (χ3v) is 2.55. The molecule has 0 fully saturated rings. The molecule has 2 aromatic rings. The molecule has 2 heterocycles. The molecule has 2 rings (SSSR count). The second-order valence-corrected chi connectivity index (χ2v) is 3.84. The van der Waals surface area contributed by atoms with Crippen molar-refractivity contribution < 1.29 is 9.90 Å². The number of hydrogen-bond acceptors (Lipinski definition) is 6. The summed E-state index contributed by atoms with van der Waals surface area (Å²) in [7, 11) is 0. The molecule has 18 heavy (non-hydrogen) atoms. The largest absolute Gasteiger partial charge is 0.480 e. The van der Waals surface area contributed by atoms with Crippen molar-refractivity contribution in [3.05, 3.63) is 6.33 Å². The molecule has 0 aliphatic carbocycles. The fourth-order valence-electron chi connectivity index (χ4n) is 1.56. The number of hydrogen-bond donors (Lipinski definition) is 3. The molecule has 0 spiro atoms. The van der Waals surface area contributed by atoms with Crippen LogP contribution in [-0.2, 0) is 11.3 Å². The highest BCUT2D eigenvalue weighted by molar-refractivity contribution is 5.86. The number of carbonyl (C=O) groups is 1. The lowest BCUT2D eigenvalue weighted by molar-refractivity contribution is -0.137. The molecule has 4 N–H and O–H groups in total. The van der Waals surface area contributed by atoms with Crippen molar-refractivity contribution in [3.8, 4) is 0 Å². The smallest absolute Gasteiger partial charge is 0.325 e. The van der Waals surface area contributed by atoms with Gasteiger partial charge in [-0.1, -0.05) is 0 Å². The zero-order valence-corrected chi connectivity index (χ0v) is 10.1. The number of aryl methyl sites for hydroxylation is 1. The van der Waals surface area contributed by atoms with Gasteiger partial charge < -0.3 is 20.7 Å². The molecule has 0 aliphatic heterocycles. The average Bonchev–Trinajstić information content (AvgIpc) is 2.71. The van der Waals surface area contributed by atoms with Gasteiger partial charge in [-0.05, 0) is 13.8 Å². The summed E-state index contributed by atoms with van der Waals surface area (Å²) in [6, 6.07) is -0.783. The highest BCUT2D eigenvalue weighted by atomic mass is 16.4. The first-order valence-corrected chi connectivity index (χ1v) is 5.50. The number of anilines is 2. The van der Waals surface area contributed by atoms with Gasteiger partial charge in [-0.15, -0.1) is 0 Å². The molecular formula is C10H14N6O2. The van der Waals surface area contributed by atoms with E-state index in [1.807, 2.05) is 11.5 Å². The zero-order valence-electron chi connectivity index (χ0n) is 10.1. The molecule has 96 valence electrons. The van der Waals surface area contributed by atoms with Crippen LogP contribution in [0.3, 0.4) is 0 Å². The molecule has 1 unspecified atom stereocenters. The van der Waals surface area contributed by atoms with Crippen molar-refractivity contribution in [2.24, 2.45) is 0 Å². The van der Waals surface area contributed by atoms with E-state index in [0.29, 0.717) is 23.5 Å². The summed E-state index contributed by atoms with van der Waals surface area (Å²) in [6.07, 6.45) is 1.62. The van der Waals surface area contributed by atoms with Crippen molar-refractivity contribution in [3.63, 3.8) is 0 Å². The lowest BCUT2D eigenvalue weighted by Crippen LogP contribution is -2.26. The van der Waals surface area contributed by atoms with Crippen molar-refractivity contribution >= 4 is 28.9 Å². The van der Waals surface area contributed by atoms with Crippen LogP contribution in [0.4, 0.5) is 11.8 Å². The predicted molar refractivity (Wildman–Crippen MR) is 66.1 cm³/mol. The van der Waals surface area contributed by atoms with Crippen LogP contribution in [-0.4, -0.2) is 36.6 Å². The average molecular weight is 250 g/mol.